The molecule has 0 aliphatic rings. The van der Waals surface area contributed by atoms with Gasteiger partial charge >= 0.3 is 6.18 Å². The van der Waals surface area contributed by atoms with E-state index in [2.05, 4.69) is 25.4 Å². The first-order chi connectivity index (χ1) is 12.0. The van der Waals surface area contributed by atoms with Crippen molar-refractivity contribution in [3.05, 3.63) is 53.8 Å². The van der Waals surface area contributed by atoms with Crippen LogP contribution in [0.3, 0.4) is 0 Å². The summed E-state index contributed by atoms with van der Waals surface area (Å²) < 4.78 is 39.9. The fourth-order valence-electron chi connectivity index (χ4n) is 2.26. The topological polar surface area (TPSA) is 68.0 Å². The average Bonchev–Trinajstić information content (AvgIpc) is 3.23. The van der Waals surface area contributed by atoms with Gasteiger partial charge in [0.2, 0.25) is 5.95 Å². The van der Waals surface area contributed by atoms with Gasteiger partial charge in [0.15, 0.2) is 5.65 Å². The minimum absolute atomic E-state index is 0.171. The first kappa shape index (κ1) is 15.5. The highest BCUT2D eigenvalue weighted by Crippen LogP contribution is 2.31. The van der Waals surface area contributed by atoms with Gasteiger partial charge in [-0.3, -0.25) is 0 Å². The molecule has 0 unspecified atom stereocenters. The lowest BCUT2D eigenvalue weighted by Gasteiger charge is -2.08. The zero-order valence-electron chi connectivity index (χ0n) is 12.4. The van der Waals surface area contributed by atoms with Crippen molar-refractivity contribution >= 4 is 28.6 Å². The molecule has 1 N–H and O–H groups in total. The molecule has 3 heterocycles. The van der Waals surface area contributed by atoms with E-state index < -0.39 is 11.7 Å². The van der Waals surface area contributed by atoms with Crippen LogP contribution < -0.4 is 5.32 Å². The van der Waals surface area contributed by atoms with Gasteiger partial charge in [-0.15, -0.1) is 16.4 Å². The summed E-state index contributed by atoms with van der Waals surface area (Å²) in [5.41, 5.74) is 0.523. The third-order valence-corrected chi connectivity index (χ3v) is 4.12. The molecule has 0 aliphatic heterocycles. The molecule has 0 saturated carbocycles. The second-order valence-electron chi connectivity index (χ2n) is 5.02. The Labute approximate surface area is 143 Å². The van der Waals surface area contributed by atoms with Gasteiger partial charge in [0.1, 0.15) is 10.7 Å². The fraction of sp³-hybridized carbons (Fsp3) is 0.0667. The number of fused-ring (bicyclic) bond motifs is 1. The maximum absolute atomic E-state index is 12.8. The SMILES string of the molecule is FC(F)(F)c1cccc(Nc2nc3c(-c4nccs4)nccn3n2)c1. The van der Waals surface area contributed by atoms with Crippen LogP contribution in [0.2, 0.25) is 0 Å². The number of nitrogens with one attached hydrogen (secondary N) is 1. The molecule has 0 fully saturated rings. The van der Waals surface area contributed by atoms with Crippen molar-refractivity contribution in [2.45, 2.75) is 6.18 Å². The average molecular weight is 362 g/mol. The molecule has 0 amide bonds. The van der Waals surface area contributed by atoms with Gasteiger partial charge in [-0.1, -0.05) is 6.07 Å². The Morgan fingerprint density at radius 2 is 2.00 bits per heavy atom. The summed E-state index contributed by atoms with van der Waals surface area (Å²) in [4.78, 5) is 12.8. The number of benzene rings is 1. The Kier molecular flexibility index (Phi) is 3.61. The van der Waals surface area contributed by atoms with E-state index in [0.717, 1.165) is 12.1 Å². The summed E-state index contributed by atoms with van der Waals surface area (Å²) >= 11 is 1.41. The van der Waals surface area contributed by atoms with Gasteiger partial charge in [0, 0.05) is 29.7 Å². The van der Waals surface area contributed by atoms with Gasteiger partial charge < -0.3 is 5.32 Å². The highest BCUT2D eigenvalue weighted by Gasteiger charge is 2.30. The molecule has 3 aromatic heterocycles. The molecule has 126 valence electrons. The van der Waals surface area contributed by atoms with Crippen LogP contribution in [-0.2, 0) is 6.18 Å². The molecular formula is C15H9F3N6S. The highest BCUT2D eigenvalue weighted by atomic mass is 32.1. The molecule has 0 bridgehead atoms. The quantitative estimate of drug-likeness (QED) is 0.596. The molecule has 4 aromatic rings. The van der Waals surface area contributed by atoms with Crippen LogP contribution >= 0.6 is 11.3 Å². The maximum atomic E-state index is 12.8. The Morgan fingerprint density at radius 1 is 1.12 bits per heavy atom. The van der Waals surface area contributed by atoms with Crippen LogP contribution in [-0.4, -0.2) is 24.6 Å². The lowest BCUT2D eigenvalue weighted by molar-refractivity contribution is -0.137. The van der Waals surface area contributed by atoms with E-state index in [9.17, 15) is 13.2 Å². The monoisotopic (exact) mass is 362 g/mol. The molecule has 0 atom stereocenters. The molecule has 0 saturated heterocycles. The molecule has 0 spiro atoms. The summed E-state index contributed by atoms with van der Waals surface area (Å²) in [6, 6.07) is 4.85. The number of thiazole rings is 1. The second-order valence-corrected chi connectivity index (χ2v) is 5.91. The molecular weight excluding hydrogens is 353 g/mol. The minimum atomic E-state index is -4.41. The van der Waals surface area contributed by atoms with Crippen molar-refractivity contribution in [3.63, 3.8) is 0 Å². The molecule has 25 heavy (non-hydrogen) atoms. The van der Waals surface area contributed by atoms with Crippen LogP contribution in [0.1, 0.15) is 5.56 Å². The lowest BCUT2D eigenvalue weighted by Crippen LogP contribution is -2.05. The second kappa shape index (κ2) is 5.81. The first-order valence-electron chi connectivity index (χ1n) is 7.06. The number of aromatic nitrogens is 5. The van der Waals surface area contributed by atoms with Gasteiger partial charge in [0.05, 0.1) is 5.56 Å². The van der Waals surface area contributed by atoms with Crippen LogP contribution in [0, 0.1) is 0 Å². The molecule has 1 aromatic carbocycles. The van der Waals surface area contributed by atoms with Crippen molar-refractivity contribution in [2.75, 3.05) is 5.32 Å². The normalized spacial score (nSPS) is 11.8. The van der Waals surface area contributed by atoms with Crippen molar-refractivity contribution in [1.82, 2.24) is 24.6 Å². The van der Waals surface area contributed by atoms with Crippen LogP contribution in [0.15, 0.2) is 48.2 Å². The molecule has 10 heteroatoms. The Balaban J connectivity index is 1.71. The first-order valence-corrected chi connectivity index (χ1v) is 7.94. The maximum Gasteiger partial charge on any atom is 0.416 e. The third kappa shape index (κ3) is 3.03. The minimum Gasteiger partial charge on any atom is -0.323 e. The van der Waals surface area contributed by atoms with E-state index in [-0.39, 0.29) is 11.6 Å². The van der Waals surface area contributed by atoms with Crippen LogP contribution in [0.5, 0.6) is 0 Å². The standard InChI is InChI=1S/C15H9F3N6S/c16-15(17,18)9-2-1-3-10(8-9)21-14-22-12-11(13-20-5-7-25-13)19-4-6-24(12)23-14/h1-8H,(H,21,23). The predicted octanol–water partition coefficient (Wildman–Crippen LogP) is 4.01. The molecule has 0 radical (unpaired) electrons. The number of anilines is 2. The zero-order valence-corrected chi connectivity index (χ0v) is 13.2. The molecule has 0 aliphatic carbocycles. The predicted molar refractivity (Wildman–Crippen MR) is 86.6 cm³/mol. The fourth-order valence-corrected chi connectivity index (χ4v) is 2.89. The van der Waals surface area contributed by atoms with Crippen molar-refractivity contribution in [1.29, 1.82) is 0 Å². The van der Waals surface area contributed by atoms with Crippen LogP contribution in [0.25, 0.3) is 16.3 Å². The summed E-state index contributed by atoms with van der Waals surface area (Å²) in [6.45, 7) is 0. The summed E-state index contributed by atoms with van der Waals surface area (Å²) in [7, 11) is 0. The van der Waals surface area contributed by atoms with E-state index in [1.165, 1.54) is 28.0 Å². The largest absolute Gasteiger partial charge is 0.416 e. The van der Waals surface area contributed by atoms with E-state index >= 15 is 0 Å². The van der Waals surface area contributed by atoms with Crippen molar-refractivity contribution in [2.24, 2.45) is 0 Å². The van der Waals surface area contributed by atoms with Gasteiger partial charge in [-0.2, -0.15) is 18.2 Å². The highest BCUT2D eigenvalue weighted by molar-refractivity contribution is 7.13. The van der Waals surface area contributed by atoms with E-state index in [0.29, 0.717) is 16.3 Å². The van der Waals surface area contributed by atoms with Crippen molar-refractivity contribution < 1.29 is 13.2 Å². The number of alkyl halides is 3. The van der Waals surface area contributed by atoms with Crippen molar-refractivity contribution in [3.8, 4) is 10.7 Å². The number of halogens is 3. The van der Waals surface area contributed by atoms with E-state index in [1.807, 2.05) is 5.38 Å². The number of nitrogens with zero attached hydrogens (tertiary/aromatic N) is 5. The van der Waals surface area contributed by atoms with E-state index in [1.54, 1.807) is 18.6 Å². The number of hydrogen-bond acceptors (Lipinski definition) is 6. The smallest absolute Gasteiger partial charge is 0.323 e. The van der Waals surface area contributed by atoms with Crippen LogP contribution in [0.4, 0.5) is 24.8 Å². The Bertz CT molecular complexity index is 1030. The lowest BCUT2D eigenvalue weighted by atomic mass is 10.2. The molecule has 4 rings (SSSR count). The summed E-state index contributed by atoms with van der Waals surface area (Å²) in [5, 5.41) is 9.51. The molecule has 6 nitrogen and oxygen atoms in total. The summed E-state index contributed by atoms with van der Waals surface area (Å²) in [5.74, 6) is 0.171. The third-order valence-electron chi connectivity index (χ3n) is 3.34. The van der Waals surface area contributed by atoms with Gasteiger partial charge in [-0.25, -0.2) is 14.5 Å². The Morgan fingerprint density at radius 3 is 2.76 bits per heavy atom. The number of hydrogen-bond donors (Lipinski definition) is 1. The van der Waals surface area contributed by atoms with E-state index in [4.69, 9.17) is 0 Å². The zero-order chi connectivity index (χ0) is 17.4. The number of rotatable bonds is 3. The van der Waals surface area contributed by atoms with Gasteiger partial charge in [-0.05, 0) is 18.2 Å². The Hall–Kier alpha value is -3.01. The van der Waals surface area contributed by atoms with Gasteiger partial charge in [0.25, 0.3) is 0 Å². The summed E-state index contributed by atoms with van der Waals surface area (Å²) in [6.07, 6.45) is 0.415.